The summed E-state index contributed by atoms with van der Waals surface area (Å²) in [6.45, 7) is 3.72. The molecule has 0 fully saturated rings. The molecule has 0 aliphatic carbocycles. The van der Waals surface area contributed by atoms with Gasteiger partial charge in [0.05, 0.1) is 16.8 Å². The van der Waals surface area contributed by atoms with Gasteiger partial charge in [0.2, 0.25) is 11.7 Å². The molecule has 3 heterocycles. The molecular weight excluding hydrogens is 495 g/mol. The minimum Gasteiger partial charge on any atom is -0.440 e. The Morgan fingerprint density at radius 2 is 1.69 bits per heavy atom. The lowest BCUT2D eigenvalue weighted by Crippen LogP contribution is -2.16. The van der Waals surface area contributed by atoms with Gasteiger partial charge in [0.1, 0.15) is 12.0 Å². The van der Waals surface area contributed by atoms with Crippen molar-refractivity contribution < 1.29 is 9.21 Å². The van der Waals surface area contributed by atoms with Crippen molar-refractivity contribution >= 4 is 52.2 Å². The van der Waals surface area contributed by atoms with E-state index >= 15 is 0 Å². The summed E-state index contributed by atoms with van der Waals surface area (Å²) in [6.07, 6.45) is 4.59. The van der Waals surface area contributed by atoms with Crippen LogP contribution in [-0.2, 0) is 11.2 Å². The Kier molecular flexibility index (Phi) is 6.48. The number of aromatic nitrogens is 3. The summed E-state index contributed by atoms with van der Waals surface area (Å²) >= 11 is 12.8. The predicted octanol–water partition coefficient (Wildman–Crippen LogP) is 7.77. The van der Waals surface area contributed by atoms with E-state index < -0.39 is 5.41 Å². The first kappa shape index (κ1) is 24.0. The van der Waals surface area contributed by atoms with Crippen LogP contribution in [0.5, 0.6) is 0 Å². The lowest BCUT2D eigenvalue weighted by molar-refractivity contribution is -0.114. The molecule has 1 N–H and O–H groups in total. The SMILES string of the molecule is CC(C)(C=O)Cc1oc2nc(-c3ccccc3Cl)c(-c3ccc(Cl)cc3)cc2c1Nc1ncccn1. The number of nitrogens with zero attached hydrogens (tertiary/aromatic N) is 3. The fourth-order valence-corrected chi connectivity index (χ4v) is 4.32. The molecule has 0 unspecified atom stereocenters. The van der Waals surface area contributed by atoms with Crippen molar-refractivity contribution in [1.82, 2.24) is 15.0 Å². The van der Waals surface area contributed by atoms with E-state index in [0.29, 0.717) is 45.3 Å². The highest BCUT2D eigenvalue weighted by Crippen LogP contribution is 2.42. The van der Waals surface area contributed by atoms with E-state index in [1.165, 1.54) is 0 Å². The molecule has 0 atom stereocenters. The second-order valence-corrected chi connectivity index (χ2v) is 9.95. The van der Waals surface area contributed by atoms with Crippen molar-refractivity contribution in [2.45, 2.75) is 20.3 Å². The van der Waals surface area contributed by atoms with Crippen LogP contribution in [-0.4, -0.2) is 21.2 Å². The highest BCUT2D eigenvalue weighted by atomic mass is 35.5. The molecule has 3 aromatic heterocycles. The molecule has 0 radical (unpaired) electrons. The van der Waals surface area contributed by atoms with Crippen LogP contribution in [0, 0.1) is 5.41 Å². The molecule has 2 aromatic carbocycles. The van der Waals surface area contributed by atoms with Gasteiger partial charge in [0, 0.05) is 45.4 Å². The number of fused-ring (bicyclic) bond motifs is 1. The number of aldehydes is 1. The van der Waals surface area contributed by atoms with Crippen LogP contribution in [0.1, 0.15) is 19.6 Å². The van der Waals surface area contributed by atoms with Crippen LogP contribution >= 0.6 is 23.2 Å². The van der Waals surface area contributed by atoms with Crippen LogP contribution in [0.3, 0.4) is 0 Å². The number of hydrogen-bond acceptors (Lipinski definition) is 6. The molecule has 0 spiro atoms. The smallest absolute Gasteiger partial charge is 0.229 e. The lowest BCUT2D eigenvalue weighted by Gasteiger charge is -2.15. The average molecular weight is 517 g/mol. The van der Waals surface area contributed by atoms with Gasteiger partial charge in [-0.05, 0) is 35.9 Å². The minimum atomic E-state index is -0.646. The first-order valence-corrected chi connectivity index (χ1v) is 12.1. The van der Waals surface area contributed by atoms with Gasteiger partial charge in [0.15, 0.2) is 0 Å². The topological polar surface area (TPSA) is 80.9 Å². The standard InChI is InChI=1S/C28H22Cl2N4O2/c1-28(2,16-35)15-23-25(34-27-31-12-5-13-32-27)21-14-20(17-8-10-18(29)11-9-17)24(33-26(21)36-23)19-6-3-4-7-22(19)30/h3-14,16H,15H2,1-2H3,(H,31,32,34). The number of furan rings is 1. The molecule has 180 valence electrons. The Balaban J connectivity index is 1.78. The molecule has 0 saturated heterocycles. The molecule has 0 saturated carbocycles. The molecule has 0 bridgehead atoms. The second-order valence-electron chi connectivity index (χ2n) is 9.10. The zero-order valence-corrected chi connectivity index (χ0v) is 21.1. The van der Waals surface area contributed by atoms with Gasteiger partial charge in [-0.15, -0.1) is 0 Å². The largest absolute Gasteiger partial charge is 0.440 e. The zero-order valence-electron chi connectivity index (χ0n) is 19.6. The van der Waals surface area contributed by atoms with E-state index in [-0.39, 0.29) is 0 Å². The molecular formula is C28H22Cl2N4O2. The Morgan fingerprint density at radius 3 is 2.39 bits per heavy atom. The Hall–Kier alpha value is -3.74. The summed E-state index contributed by atoms with van der Waals surface area (Å²) in [4.78, 5) is 25.3. The second kappa shape index (κ2) is 9.72. The fraction of sp³-hybridized carbons (Fsp3) is 0.143. The first-order chi connectivity index (χ1) is 17.3. The van der Waals surface area contributed by atoms with Crippen molar-refractivity contribution in [3.63, 3.8) is 0 Å². The summed E-state index contributed by atoms with van der Waals surface area (Å²) in [5, 5.41) is 5.23. The minimum absolute atomic E-state index is 0.361. The van der Waals surface area contributed by atoms with E-state index in [1.807, 2.05) is 68.4 Å². The van der Waals surface area contributed by atoms with Gasteiger partial charge in [-0.1, -0.05) is 67.4 Å². The van der Waals surface area contributed by atoms with Gasteiger partial charge in [0.25, 0.3) is 0 Å². The maximum Gasteiger partial charge on any atom is 0.229 e. The Labute approximate surface area is 218 Å². The monoisotopic (exact) mass is 516 g/mol. The number of hydrogen-bond donors (Lipinski definition) is 1. The quantitative estimate of drug-likeness (QED) is 0.222. The maximum absolute atomic E-state index is 11.7. The first-order valence-electron chi connectivity index (χ1n) is 11.3. The third-order valence-corrected chi connectivity index (χ3v) is 6.36. The van der Waals surface area contributed by atoms with Crippen LogP contribution in [0.15, 0.2) is 77.5 Å². The molecule has 6 nitrogen and oxygen atoms in total. The van der Waals surface area contributed by atoms with Gasteiger partial charge in [-0.3, -0.25) is 0 Å². The van der Waals surface area contributed by atoms with Crippen molar-refractivity contribution in [2.24, 2.45) is 5.41 Å². The number of carbonyl (C=O) groups is 1. The van der Waals surface area contributed by atoms with E-state index in [1.54, 1.807) is 18.5 Å². The number of pyridine rings is 1. The molecule has 0 aliphatic heterocycles. The van der Waals surface area contributed by atoms with Crippen molar-refractivity contribution in [3.8, 4) is 22.4 Å². The van der Waals surface area contributed by atoms with E-state index in [0.717, 1.165) is 28.4 Å². The predicted molar refractivity (Wildman–Crippen MR) is 144 cm³/mol. The average Bonchev–Trinajstić information content (AvgIpc) is 3.19. The van der Waals surface area contributed by atoms with Crippen molar-refractivity contribution in [3.05, 3.63) is 88.9 Å². The highest BCUT2D eigenvalue weighted by molar-refractivity contribution is 6.33. The lowest BCUT2D eigenvalue weighted by atomic mass is 9.89. The van der Waals surface area contributed by atoms with Crippen molar-refractivity contribution in [1.29, 1.82) is 0 Å². The molecule has 0 aliphatic rings. The number of carbonyl (C=O) groups excluding carboxylic acids is 1. The zero-order chi connectivity index (χ0) is 25.3. The highest BCUT2D eigenvalue weighted by Gasteiger charge is 2.26. The van der Waals surface area contributed by atoms with Gasteiger partial charge in [-0.2, -0.15) is 0 Å². The third-order valence-electron chi connectivity index (χ3n) is 5.78. The molecule has 0 amide bonds. The van der Waals surface area contributed by atoms with Crippen LogP contribution < -0.4 is 5.32 Å². The number of benzene rings is 2. The summed E-state index contributed by atoms with van der Waals surface area (Å²) in [6, 6.07) is 18.8. The summed E-state index contributed by atoms with van der Waals surface area (Å²) in [5.74, 6) is 0.994. The Bertz CT molecular complexity index is 1550. The van der Waals surface area contributed by atoms with Crippen LogP contribution in [0.2, 0.25) is 10.0 Å². The maximum atomic E-state index is 11.7. The number of rotatable bonds is 7. The van der Waals surface area contributed by atoms with Gasteiger partial charge >= 0.3 is 0 Å². The fourth-order valence-electron chi connectivity index (χ4n) is 3.97. The van der Waals surface area contributed by atoms with Gasteiger partial charge < -0.3 is 14.5 Å². The van der Waals surface area contributed by atoms with E-state index in [2.05, 4.69) is 15.3 Å². The summed E-state index contributed by atoms with van der Waals surface area (Å²) in [5.41, 5.74) is 3.66. The van der Waals surface area contributed by atoms with E-state index in [9.17, 15) is 4.79 Å². The number of halogens is 2. The van der Waals surface area contributed by atoms with Gasteiger partial charge in [-0.25, -0.2) is 15.0 Å². The molecule has 8 heteroatoms. The van der Waals surface area contributed by atoms with E-state index in [4.69, 9.17) is 32.6 Å². The van der Waals surface area contributed by atoms with Crippen LogP contribution in [0.25, 0.3) is 33.5 Å². The van der Waals surface area contributed by atoms with Crippen molar-refractivity contribution in [2.75, 3.05) is 5.32 Å². The Morgan fingerprint density at radius 1 is 0.972 bits per heavy atom. The summed E-state index contributed by atoms with van der Waals surface area (Å²) in [7, 11) is 0. The molecule has 36 heavy (non-hydrogen) atoms. The summed E-state index contributed by atoms with van der Waals surface area (Å²) < 4.78 is 6.27. The molecule has 5 rings (SSSR count). The number of anilines is 2. The number of nitrogens with one attached hydrogen (secondary N) is 1. The normalized spacial score (nSPS) is 11.6. The molecule has 5 aromatic rings. The third kappa shape index (κ3) is 4.83. The van der Waals surface area contributed by atoms with Crippen LogP contribution in [0.4, 0.5) is 11.6 Å².